The predicted octanol–water partition coefficient (Wildman–Crippen LogP) is 3.40. The molecule has 0 radical (unpaired) electrons. The van der Waals surface area contributed by atoms with Gasteiger partial charge in [0.1, 0.15) is 0 Å². The van der Waals surface area contributed by atoms with Gasteiger partial charge in [0.15, 0.2) is 10.1 Å². The van der Waals surface area contributed by atoms with Crippen molar-refractivity contribution in [1.29, 1.82) is 0 Å². The van der Waals surface area contributed by atoms with Gasteiger partial charge in [-0.05, 0) is 27.4 Å². The minimum atomic E-state index is 0.114. The van der Waals surface area contributed by atoms with Gasteiger partial charge in [-0.15, -0.1) is 21.5 Å². The van der Waals surface area contributed by atoms with Crippen LogP contribution in [0.3, 0.4) is 0 Å². The molecular formula is C10H10BrN3OS3. The molecule has 0 aliphatic rings. The third-order valence-electron chi connectivity index (χ3n) is 1.98. The number of anilines is 1. The lowest BCUT2D eigenvalue weighted by atomic mass is 10.3. The summed E-state index contributed by atoms with van der Waals surface area (Å²) in [5, 5.41) is 10.8. The van der Waals surface area contributed by atoms with Crippen LogP contribution in [-0.2, 0) is 0 Å². The number of halogens is 1. The fourth-order valence-electron chi connectivity index (χ4n) is 1.13. The van der Waals surface area contributed by atoms with Gasteiger partial charge in [-0.1, -0.05) is 23.1 Å². The van der Waals surface area contributed by atoms with Crippen LogP contribution in [0.25, 0.3) is 0 Å². The lowest BCUT2D eigenvalue weighted by Crippen LogP contribution is -2.07. The molecule has 0 spiro atoms. The first kappa shape index (κ1) is 14.0. The van der Waals surface area contributed by atoms with E-state index < -0.39 is 0 Å². The van der Waals surface area contributed by atoms with Crippen LogP contribution < -0.4 is 4.90 Å². The Labute approximate surface area is 126 Å². The Morgan fingerprint density at radius 1 is 1.50 bits per heavy atom. The summed E-state index contributed by atoms with van der Waals surface area (Å²) in [6.07, 6.45) is 0. The maximum Gasteiger partial charge on any atom is 0.208 e. The average molecular weight is 364 g/mol. The molecule has 4 nitrogen and oxygen atoms in total. The molecule has 0 bridgehead atoms. The zero-order chi connectivity index (χ0) is 13.1. The number of ketones is 1. The minimum Gasteiger partial charge on any atom is -0.353 e. The Morgan fingerprint density at radius 3 is 2.83 bits per heavy atom. The van der Waals surface area contributed by atoms with E-state index in [0.717, 1.165) is 18.8 Å². The van der Waals surface area contributed by atoms with Gasteiger partial charge < -0.3 is 4.90 Å². The molecule has 2 heterocycles. The van der Waals surface area contributed by atoms with Crippen molar-refractivity contribution in [1.82, 2.24) is 10.2 Å². The number of hydrogen-bond donors (Lipinski definition) is 0. The Hall–Kier alpha value is -0.440. The lowest BCUT2D eigenvalue weighted by molar-refractivity contribution is 0.102. The van der Waals surface area contributed by atoms with E-state index in [2.05, 4.69) is 26.1 Å². The van der Waals surface area contributed by atoms with E-state index in [1.165, 1.54) is 34.4 Å². The fraction of sp³-hybridized carbons (Fsp3) is 0.300. The predicted molar refractivity (Wildman–Crippen MR) is 81.3 cm³/mol. The van der Waals surface area contributed by atoms with Crippen LogP contribution in [0, 0.1) is 0 Å². The summed E-state index contributed by atoms with van der Waals surface area (Å²) in [7, 11) is 3.84. The molecule has 0 amide bonds. The zero-order valence-electron chi connectivity index (χ0n) is 9.71. The maximum absolute atomic E-state index is 11.9. The Morgan fingerprint density at radius 2 is 2.28 bits per heavy atom. The molecule has 8 heteroatoms. The largest absolute Gasteiger partial charge is 0.353 e. The second-order valence-electron chi connectivity index (χ2n) is 3.55. The van der Waals surface area contributed by atoms with E-state index in [1.54, 1.807) is 0 Å². The van der Waals surface area contributed by atoms with Crippen molar-refractivity contribution in [3.63, 3.8) is 0 Å². The summed E-state index contributed by atoms with van der Waals surface area (Å²) in [6.45, 7) is 0. The van der Waals surface area contributed by atoms with Crippen molar-refractivity contribution in [3.05, 3.63) is 20.8 Å². The summed E-state index contributed by atoms with van der Waals surface area (Å²) >= 11 is 7.74. The molecule has 2 aromatic rings. The first-order chi connectivity index (χ1) is 8.58. The van der Waals surface area contributed by atoms with Crippen molar-refractivity contribution in [3.8, 4) is 0 Å². The van der Waals surface area contributed by atoms with E-state index in [-0.39, 0.29) is 5.78 Å². The lowest BCUT2D eigenvalue weighted by Gasteiger charge is -2.03. The molecular weight excluding hydrogens is 354 g/mol. The summed E-state index contributed by atoms with van der Waals surface area (Å²) in [5.74, 6) is 0.504. The van der Waals surface area contributed by atoms with Crippen LogP contribution in [0.15, 0.2) is 20.3 Å². The maximum atomic E-state index is 11.9. The normalized spacial score (nSPS) is 10.6. The number of carbonyl (C=O) groups excluding carboxylic acids is 1. The summed E-state index contributed by atoms with van der Waals surface area (Å²) in [6, 6.07) is 1.89. The smallest absolute Gasteiger partial charge is 0.208 e. The van der Waals surface area contributed by atoms with E-state index >= 15 is 0 Å². The summed E-state index contributed by atoms with van der Waals surface area (Å²) in [4.78, 5) is 14.6. The number of rotatable bonds is 5. The van der Waals surface area contributed by atoms with Gasteiger partial charge in [-0.3, -0.25) is 4.79 Å². The molecule has 18 heavy (non-hydrogen) atoms. The number of nitrogens with zero attached hydrogens (tertiary/aromatic N) is 3. The van der Waals surface area contributed by atoms with E-state index in [1.807, 2.05) is 30.4 Å². The number of Topliss-reactive ketones (excluding diaryl/α,β-unsaturated/α-hetero) is 1. The fourth-order valence-corrected chi connectivity index (χ4v) is 4.39. The van der Waals surface area contributed by atoms with Gasteiger partial charge in [0.2, 0.25) is 5.13 Å². The van der Waals surface area contributed by atoms with Gasteiger partial charge in [-0.25, -0.2) is 0 Å². The monoisotopic (exact) mass is 363 g/mol. The Balaban J connectivity index is 1.95. The third-order valence-corrected chi connectivity index (χ3v) is 6.08. The highest BCUT2D eigenvalue weighted by atomic mass is 79.9. The average Bonchev–Trinajstić information content (AvgIpc) is 2.94. The molecule has 0 unspecified atom stereocenters. The van der Waals surface area contributed by atoms with Crippen LogP contribution in [0.1, 0.15) is 9.67 Å². The highest BCUT2D eigenvalue weighted by molar-refractivity contribution is 9.10. The van der Waals surface area contributed by atoms with Crippen molar-refractivity contribution in [2.45, 2.75) is 4.34 Å². The quantitative estimate of drug-likeness (QED) is 0.601. The Bertz CT molecular complexity index is 552. The van der Waals surface area contributed by atoms with Crippen LogP contribution in [0.5, 0.6) is 0 Å². The van der Waals surface area contributed by atoms with Crippen LogP contribution in [-0.4, -0.2) is 35.8 Å². The molecule has 0 aliphatic carbocycles. The number of hydrogen-bond acceptors (Lipinski definition) is 7. The number of aromatic nitrogens is 2. The molecule has 0 N–H and O–H groups in total. The van der Waals surface area contributed by atoms with E-state index in [4.69, 9.17) is 0 Å². The minimum absolute atomic E-state index is 0.114. The Kier molecular flexibility index (Phi) is 4.77. The van der Waals surface area contributed by atoms with Gasteiger partial charge in [0.05, 0.1) is 10.6 Å². The van der Waals surface area contributed by atoms with Crippen LogP contribution >= 0.6 is 50.4 Å². The molecule has 0 atom stereocenters. The van der Waals surface area contributed by atoms with Crippen molar-refractivity contribution >= 4 is 61.3 Å². The number of carbonyl (C=O) groups is 1. The molecule has 0 saturated heterocycles. The standard InChI is InChI=1S/C10H10BrN3OS3/c1-14(2)9-12-13-10(18-9)17-5-7(15)8-6(11)3-4-16-8/h3-4H,5H2,1-2H3. The van der Waals surface area contributed by atoms with Crippen LogP contribution in [0.4, 0.5) is 5.13 Å². The third kappa shape index (κ3) is 3.31. The van der Waals surface area contributed by atoms with Gasteiger partial charge in [0, 0.05) is 18.6 Å². The van der Waals surface area contributed by atoms with Crippen LogP contribution in [0.2, 0.25) is 0 Å². The summed E-state index contributed by atoms with van der Waals surface area (Å²) < 4.78 is 1.68. The summed E-state index contributed by atoms with van der Waals surface area (Å²) in [5.41, 5.74) is 0. The van der Waals surface area contributed by atoms with E-state index in [9.17, 15) is 4.79 Å². The van der Waals surface area contributed by atoms with Gasteiger partial charge in [-0.2, -0.15) is 0 Å². The molecule has 2 rings (SSSR count). The van der Waals surface area contributed by atoms with Gasteiger partial charge >= 0.3 is 0 Å². The molecule has 0 aromatic carbocycles. The molecule has 96 valence electrons. The van der Waals surface area contributed by atoms with Crippen molar-refractivity contribution < 1.29 is 4.79 Å². The second-order valence-corrected chi connectivity index (χ2v) is 7.50. The molecule has 0 fully saturated rings. The molecule has 0 aliphatic heterocycles. The highest BCUT2D eigenvalue weighted by Gasteiger charge is 2.14. The topological polar surface area (TPSA) is 46.1 Å². The number of thiophene rings is 1. The number of thioether (sulfide) groups is 1. The van der Waals surface area contributed by atoms with Crippen molar-refractivity contribution in [2.24, 2.45) is 0 Å². The van der Waals surface area contributed by atoms with Crippen molar-refractivity contribution in [2.75, 3.05) is 24.7 Å². The molecule has 0 saturated carbocycles. The zero-order valence-corrected chi connectivity index (χ0v) is 13.7. The van der Waals surface area contributed by atoms with E-state index in [0.29, 0.717) is 5.75 Å². The van der Waals surface area contributed by atoms with Gasteiger partial charge in [0.25, 0.3) is 0 Å². The highest BCUT2D eigenvalue weighted by Crippen LogP contribution is 2.29. The first-order valence-electron chi connectivity index (χ1n) is 4.97. The molecule has 2 aromatic heterocycles. The second kappa shape index (κ2) is 6.14. The first-order valence-corrected chi connectivity index (χ1v) is 8.45. The SMILES string of the molecule is CN(C)c1nnc(SCC(=O)c2sccc2Br)s1.